The van der Waals surface area contributed by atoms with Crippen LogP contribution in [-0.2, 0) is 6.54 Å². The zero-order chi connectivity index (χ0) is 14.5. The molecule has 4 heteroatoms. The summed E-state index contributed by atoms with van der Waals surface area (Å²) in [5.74, 6) is 0. The van der Waals surface area contributed by atoms with Gasteiger partial charge in [-0.05, 0) is 37.7 Å². The van der Waals surface area contributed by atoms with Crippen LogP contribution in [-0.4, -0.2) is 23.0 Å². The van der Waals surface area contributed by atoms with Crippen molar-refractivity contribution in [3.05, 3.63) is 64.4 Å². The van der Waals surface area contributed by atoms with E-state index in [1.165, 1.54) is 5.56 Å². The van der Waals surface area contributed by atoms with Crippen molar-refractivity contribution < 1.29 is 0 Å². The Kier molecular flexibility index (Phi) is 5.29. The SMILES string of the molecule is CC(N)C(c1ccccn1)N(C)Cc1ccccc1Br. The number of halogens is 1. The molecular formula is C16H20BrN3. The Hall–Kier alpha value is -1.23. The van der Waals surface area contributed by atoms with E-state index in [0.717, 1.165) is 16.7 Å². The van der Waals surface area contributed by atoms with Crippen LogP contribution in [0.25, 0.3) is 0 Å². The zero-order valence-corrected chi connectivity index (χ0v) is 13.4. The maximum atomic E-state index is 6.17. The third-order valence-electron chi connectivity index (χ3n) is 3.34. The fourth-order valence-corrected chi connectivity index (χ4v) is 2.85. The van der Waals surface area contributed by atoms with E-state index in [4.69, 9.17) is 5.73 Å². The van der Waals surface area contributed by atoms with Crippen LogP contribution in [0, 0.1) is 0 Å². The van der Waals surface area contributed by atoms with Crippen LogP contribution < -0.4 is 5.73 Å². The normalized spacial score (nSPS) is 14.2. The molecule has 2 rings (SSSR count). The second kappa shape index (κ2) is 6.97. The zero-order valence-electron chi connectivity index (χ0n) is 11.8. The number of nitrogens with zero attached hydrogens (tertiary/aromatic N) is 2. The minimum absolute atomic E-state index is 0.0115. The van der Waals surface area contributed by atoms with Gasteiger partial charge in [-0.25, -0.2) is 0 Å². The molecular weight excluding hydrogens is 314 g/mol. The molecule has 0 amide bonds. The Balaban J connectivity index is 2.20. The maximum absolute atomic E-state index is 6.17. The van der Waals surface area contributed by atoms with Crippen molar-refractivity contribution in [2.45, 2.75) is 25.6 Å². The van der Waals surface area contributed by atoms with Gasteiger partial charge >= 0.3 is 0 Å². The summed E-state index contributed by atoms with van der Waals surface area (Å²) < 4.78 is 1.12. The summed E-state index contributed by atoms with van der Waals surface area (Å²) in [6.07, 6.45) is 1.82. The van der Waals surface area contributed by atoms with Crippen molar-refractivity contribution in [3.63, 3.8) is 0 Å². The van der Waals surface area contributed by atoms with Crippen LogP contribution in [0.3, 0.4) is 0 Å². The predicted molar refractivity (Wildman–Crippen MR) is 86.2 cm³/mol. The van der Waals surface area contributed by atoms with Gasteiger partial charge in [-0.2, -0.15) is 0 Å². The van der Waals surface area contributed by atoms with Gasteiger partial charge in [0.15, 0.2) is 0 Å². The van der Waals surface area contributed by atoms with Crippen LogP contribution in [0.2, 0.25) is 0 Å². The van der Waals surface area contributed by atoms with Crippen molar-refractivity contribution in [1.82, 2.24) is 9.88 Å². The molecule has 0 aliphatic carbocycles. The fraction of sp³-hybridized carbons (Fsp3) is 0.312. The van der Waals surface area contributed by atoms with E-state index in [-0.39, 0.29) is 12.1 Å². The molecule has 0 aliphatic heterocycles. The van der Waals surface area contributed by atoms with Gasteiger partial charge in [0.05, 0.1) is 11.7 Å². The molecule has 20 heavy (non-hydrogen) atoms. The monoisotopic (exact) mass is 333 g/mol. The number of pyridine rings is 1. The van der Waals surface area contributed by atoms with E-state index >= 15 is 0 Å². The van der Waals surface area contributed by atoms with E-state index in [1.807, 2.05) is 37.4 Å². The first-order valence-corrected chi connectivity index (χ1v) is 7.49. The molecule has 0 spiro atoms. The Morgan fingerprint density at radius 1 is 1.20 bits per heavy atom. The lowest BCUT2D eigenvalue weighted by Crippen LogP contribution is -2.37. The number of aromatic nitrogens is 1. The largest absolute Gasteiger partial charge is 0.326 e. The van der Waals surface area contributed by atoms with Crippen LogP contribution in [0.5, 0.6) is 0 Å². The molecule has 2 N–H and O–H groups in total. The van der Waals surface area contributed by atoms with Gasteiger partial charge in [-0.3, -0.25) is 9.88 Å². The van der Waals surface area contributed by atoms with Crippen molar-refractivity contribution in [1.29, 1.82) is 0 Å². The first-order chi connectivity index (χ1) is 9.59. The summed E-state index contributed by atoms with van der Waals surface area (Å²) in [6.45, 7) is 2.85. The van der Waals surface area contributed by atoms with Gasteiger partial charge in [0.25, 0.3) is 0 Å². The fourth-order valence-electron chi connectivity index (χ4n) is 2.44. The highest BCUT2D eigenvalue weighted by Crippen LogP contribution is 2.24. The van der Waals surface area contributed by atoms with E-state index in [0.29, 0.717) is 0 Å². The summed E-state index contributed by atoms with van der Waals surface area (Å²) in [7, 11) is 2.09. The lowest BCUT2D eigenvalue weighted by Gasteiger charge is -2.30. The van der Waals surface area contributed by atoms with Gasteiger partial charge in [-0.1, -0.05) is 40.2 Å². The Bertz CT molecular complexity index is 542. The molecule has 0 saturated heterocycles. The minimum atomic E-state index is 0.0115. The molecule has 0 aliphatic rings. The number of likely N-dealkylation sites (N-methyl/N-ethyl adjacent to an activating group) is 1. The van der Waals surface area contributed by atoms with Crippen LogP contribution in [0.15, 0.2) is 53.1 Å². The highest BCUT2D eigenvalue weighted by molar-refractivity contribution is 9.10. The van der Waals surface area contributed by atoms with Gasteiger partial charge < -0.3 is 5.73 Å². The molecule has 0 fully saturated rings. The third kappa shape index (κ3) is 3.66. The van der Waals surface area contributed by atoms with E-state index in [9.17, 15) is 0 Å². The van der Waals surface area contributed by atoms with Gasteiger partial charge in [0, 0.05) is 23.3 Å². The van der Waals surface area contributed by atoms with Gasteiger partial charge in [0.1, 0.15) is 0 Å². The standard InChI is InChI=1S/C16H20BrN3/c1-12(18)16(15-9-5-6-10-19-15)20(2)11-13-7-3-4-8-14(13)17/h3-10,12,16H,11,18H2,1-2H3. The second-order valence-corrected chi connectivity index (χ2v) is 5.92. The van der Waals surface area contributed by atoms with Crippen molar-refractivity contribution in [2.75, 3.05) is 7.05 Å². The average Bonchev–Trinajstić information content (AvgIpc) is 2.42. The number of nitrogens with two attached hydrogens (primary N) is 1. The molecule has 1 aromatic carbocycles. The number of rotatable bonds is 5. The van der Waals surface area contributed by atoms with E-state index < -0.39 is 0 Å². The highest BCUT2D eigenvalue weighted by Gasteiger charge is 2.22. The van der Waals surface area contributed by atoms with E-state index in [1.54, 1.807) is 0 Å². The molecule has 2 aromatic rings. The van der Waals surface area contributed by atoms with Crippen LogP contribution >= 0.6 is 15.9 Å². The predicted octanol–water partition coefficient (Wildman–Crippen LogP) is 3.36. The summed E-state index contributed by atoms with van der Waals surface area (Å²) in [5, 5.41) is 0. The topological polar surface area (TPSA) is 42.1 Å². The Labute approximate surface area is 129 Å². The quantitative estimate of drug-likeness (QED) is 0.912. The highest BCUT2D eigenvalue weighted by atomic mass is 79.9. The maximum Gasteiger partial charge on any atom is 0.0671 e. The van der Waals surface area contributed by atoms with Crippen molar-refractivity contribution >= 4 is 15.9 Å². The summed E-state index contributed by atoms with van der Waals surface area (Å²) >= 11 is 3.59. The molecule has 0 radical (unpaired) electrons. The molecule has 106 valence electrons. The summed E-state index contributed by atoms with van der Waals surface area (Å²) in [5.41, 5.74) is 8.43. The smallest absolute Gasteiger partial charge is 0.0671 e. The molecule has 0 bridgehead atoms. The van der Waals surface area contributed by atoms with Gasteiger partial charge in [0.2, 0.25) is 0 Å². The first kappa shape index (κ1) is 15.2. The van der Waals surface area contributed by atoms with Gasteiger partial charge in [-0.15, -0.1) is 0 Å². The first-order valence-electron chi connectivity index (χ1n) is 6.69. The molecule has 0 saturated carbocycles. The summed E-state index contributed by atoms with van der Waals surface area (Å²) in [6, 6.07) is 14.3. The number of hydrogen-bond acceptors (Lipinski definition) is 3. The third-order valence-corrected chi connectivity index (χ3v) is 4.11. The minimum Gasteiger partial charge on any atom is -0.326 e. The molecule has 2 unspecified atom stereocenters. The Morgan fingerprint density at radius 3 is 2.50 bits per heavy atom. The molecule has 1 aromatic heterocycles. The molecule has 2 atom stereocenters. The second-order valence-electron chi connectivity index (χ2n) is 5.07. The lowest BCUT2D eigenvalue weighted by molar-refractivity contribution is 0.206. The number of hydrogen-bond donors (Lipinski definition) is 1. The average molecular weight is 334 g/mol. The van der Waals surface area contributed by atoms with Crippen molar-refractivity contribution in [2.24, 2.45) is 5.73 Å². The molecule has 1 heterocycles. The van der Waals surface area contributed by atoms with Crippen LogP contribution in [0.4, 0.5) is 0 Å². The molecule has 3 nitrogen and oxygen atoms in total. The van der Waals surface area contributed by atoms with E-state index in [2.05, 4.69) is 51.1 Å². The van der Waals surface area contributed by atoms with Crippen LogP contribution in [0.1, 0.15) is 24.2 Å². The summed E-state index contributed by atoms with van der Waals surface area (Å²) in [4.78, 5) is 6.70. The number of benzene rings is 1. The van der Waals surface area contributed by atoms with Crippen molar-refractivity contribution in [3.8, 4) is 0 Å². The lowest BCUT2D eigenvalue weighted by atomic mass is 10.0. The Morgan fingerprint density at radius 2 is 1.90 bits per heavy atom.